The molecule has 1 saturated heterocycles. The van der Waals surface area contributed by atoms with Crippen LogP contribution >= 0.6 is 0 Å². The summed E-state index contributed by atoms with van der Waals surface area (Å²) in [5, 5.41) is 0. The maximum atomic E-state index is 12.4. The minimum absolute atomic E-state index is 0.174. The minimum Gasteiger partial charge on any atom is -0.444 e. The molecule has 0 spiro atoms. The monoisotopic (exact) mass is 320 g/mol. The second kappa shape index (κ2) is 7.79. The summed E-state index contributed by atoms with van der Waals surface area (Å²) < 4.78 is 10.7. The number of benzene rings is 1. The summed E-state index contributed by atoms with van der Waals surface area (Å²) in [4.78, 5) is 16.6. The molecule has 1 aromatic carbocycles. The lowest BCUT2D eigenvalue weighted by Crippen LogP contribution is -2.52. The average molecular weight is 320 g/mol. The van der Waals surface area contributed by atoms with E-state index in [2.05, 4.69) is 17.0 Å². The van der Waals surface area contributed by atoms with Crippen molar-refractivity contribution in [2.45, 2.75) is 32.4 Å². The highest BCUT2D eigenvalue weighted by molar-refractivity contribution is 5.68. The van der Waals surface area contributed by atoms with Crippen molar-refractivity contribution in [3.63, 3.8) is 0 Å². The van der Waals surface area contributed by atoms with E-state index < -0.39 is 5.60 Å². The van der Waals surface area contributed by atoms with Crippen LogP contribution in [0.5, 0.6) is 0 Å². The smallest absolute Gasteiger partial charge is 0.410 e. The predicted octanol–water partition coefficient (Wildman–Crippen LogP) is 2.93. The lowest BCUT2D eigenvalue weighted by atomic mass is 10.0. The fourth-order valence-electron chi connectivity index (χ4n) is 2.78. The Balaban J connectivity index is 2.10. The van der Waals surface area contributed by atoms with Crippen LogP contribution in [-0.2, 0) is 9.47 Å². The summed E-state index contributed by atoms with van der Waals surface area (Å²) in [5.74, 6) is 0. The van der Waals surface area contributed by atoms with Crippen molar-refractivity contribution in [3.8, 4) is 0 Å². The Morgan fingerprint density at radius 1 is 1.22 bits per heavy atom. The molecule has 0 bridgehead atoms. The topological polar surface area (TPSA) is 42.0 Å². The Labute approximate surface area is 139 Å². The molecular formula is C18H28N2O3. The third kappa shape index (κ3) is 5.22. The fourth-order valence-corrected chi connectivity index (χ4v) is 2.78. The molecule has 1 aliphatic rings. The third-order valence-electron chi connectivity index (χ3n) is 3.91. The first-order valence-electron chi connectivity index (χ1n) is 8.16. The van der Waals surface area contributed by atoms with Crippen molar-refractivity contribution in [1.82, 2.24) is 9.80 Å². The molecule has 1 aliphatic heterocycles. The van der Waals surface area contributed by atoms with Crippen LogP contribution in [0.1, 0.15) is 32.4 Å². The number of nitrogens with zero attached hydrogens (tertiary/aromatic N) is 2. The maximum Gasteiger partial charge on any atom is 0.410 e. The van der Waals surface area contributed by atoms with Crippen molar-refractivity contribution < 1.29 is 14.3 Å². The highest BCUT2D eigenvalue weighted by Gasteiger charge is 2.32. The SMILES string of the molecule is COCCN1CCN(C(=O)OC(C)(C)C)C[C@@H]1c1ccccc1. The molecule has 1 fully saturated rings. The molecule has 0 aromatic heterocycles. The number of hydrogen-bond acceptors (Lipinski definition) is 4. The van der Waals surface area contributed by atoms with Gasteiger partial charge in [0, 0.05) is 33.3 Å². The highest BCUT2D eigenvalue weighted by atomic mass is 16.6. The van der Waals surface area contributed by atoms with Crippen LogP contribution < -0.4 is 0 Å². The molecule has 5 heteroatoms. The molecule has 0 radical (unpaired) electrons. The van der Waals surface area contributed by atoms with Crippen LogP contribution in [0.3, 0.4) is 0 Å². The summed E-state index contributed by atoms with van der Waals surface area (Å²) in [7, 11) is 1.72. The van der Waals surface area contributed by atoms with Crippen molar-refractivity contribution in [2.75, 3.05) is 39.9 Å². The summed E-state index contributed by atoms with van der Waals surface area (Å²) >= 11 is 0. The molecular weight excluding hydrogens is 292 g/mol. The zero-order chi connectivity index (χ0) is 16.9. The largest absolute Gasteiger partial charge is 0.444 e. The van der Waals surface area contributed by atoms with E-state index in [1.807, 2.05) is 43.9 Å². The van der Waals surface area contributed by atoms with Crippen LogP contribution in [-0.4, -0.2) is 61.4 Å². The van der Waals surface area contributed by atoms with Crippen molar-refractivity contribution in [2.24, 2.45) is 0 Å². The molecule has 0 N–H and O–H groups in total. The normalized spacial score (nSPS) is 19.7. The van der Waals surface area contributed by atoms with Crippen LogP contribution in [0, 0.1) is 0 Å². The number of rotatable bonds is 4. The van der Waals surface area contributed by atoms with Gasteiger partial charge in [0.1, 0.15) is 5.60 Å². The van der Waals surface area contributed by atoms with E-state index in [1.165, 1.54) is 5.56 Å². The van der Waals surface area contributed by atoms with Gasteiger partial charge >= 0.3 is 6.09 Å². The molecule has 0 saturated carbocycles. The van der Waals surface area contributed by atoms with E-state index in [0.717, 1.165) is 13.1 Å². The van der Waals surface area contributed by atoms with Crippen molar-refractivity contribution in [3.05, 3.63) is 35.9 Å². The summed E-state index contributed by atoms with van der Waals surface area (Å²) in [6, 6.07) is 10.5. The molecule has 5 nitrogen and oxygen atoms in total. The number of ether oxygens (including phenoxy) is 2. The van der Waals surface area contributed by atoms with E-state index in [-0.39, 0.29) is 12.1 Å². The lowest BCUT2D eigenvalue weighted by Gasteiger charge is -2.41. The van der Waals surface area contributed by atoms with E-state index in [0.29, 0.717) is 19.7 Å². The minimum atomic E-state index is -0.466. The van der Waals surface area contributed by atoms with Gasteiger partial charge in [-0.15, -0.1) is 0 Å². The Bertz CT molecular complexity index is 499. The number of methoxy groups -OCH3 is 1. The molecule has 1 heterocycles. The van der Waals surface area contributed by atoms with Crippen molar-refractivity contribution >= 4 is 6.09 Å². The van der Waals surface area contributed by atoms with Gasteiger partial charge < -0.3 is 14.4 Å². The van der Waals surface area contributed by atoms with Gasteiger partial charge in [-0.3, -0.25) is 4.90 Å². The lowest BCUT2D eigenvalue weighted by molar-refractivity contribution is -0.000204. The van der Waals surface area contributed by atoms with Gasteiger partial charge in [-0.1, -0.05) is 30.3 Å². The van der Waals surface area contributed by atoms with E-state index >= 15 is 0 Å². The zero-order valence-corrected chi connectivity index (χ0v) is 14.6. The van der Waals surface area contributed by atoms with Crippen molar-refractivity contribution in [1.29, 1.82) is 0 Å². The Kier molecular flexibility index (Phi) is 6.02. The Hall–Kier alpha value is -1.59. The summed E-state index contributed by atoms with van der Waals surface area (Å²) in [6.07, 6.45) is -0.232. The molecule has 1 amide bonds. The number of carbonyl (C=O) groups is 1. The quantitative estimate of drug-likeness (QED) is 0.855. The van der Waals surface area contributed by atoms with E-state index in [1.54, 1.807) is 7.11 Å². The second-order valence-electron chi connectivity index (χ2n) is 6.88. The first-order chi connectivity index (χ1) is 10.9. The maximum absolute atomic E-state index is 12.4. The molecule has 128 valence electrons. The van der Waals surface area contributed by atoms with E-state index in [4.69, 9.17) is 9.47 Å². The molecule has 1 aromatic rings. The number of amides is 1. The number of piperazine rings is 1. The Morgan fingerprint density at radius 2 is 1.91 bits per heavy atom. The van der Waals surface area contributed by atoms with Gasteiger partial charge in [0.2, 0.25) is 0 Å². The highest BCUT2D eigenvalue weighted by Crippen LogP contribution is 2.26. The molecule has 23 heavy (non-hydrogen) atoms. The first-order valence-corrected chi connectivity index (χ1v) is 8.16. The molecule has 1 atom stereocenters. The third-order valence-corrected chi connectivity index (χ3v) is 3.91. The van der Waals surface area contributed by atoms with Gasteiger partial charge in [0.05, 0.1) is 12.6 Å². The van der Waals surface area contributed by atoms with E-state index in [9.17, 15) is 4.79 Å². The molecule has 0 unspecified atom stereocenters. The Morgan fingerprint density at radius 3 is 2.52 bits per heavy atom. The van der Waals surface area contributed by atoms with Gasteiger partial charge in [0.15, 0.2) is 0 Å². The number of hydrogen-bond donors (Lipinski definition) is 0. The van der Waals surface area contributed by atoms with Crippen LogP contribution in [0.4, 0.5) is 4.79 Å². The first kappa shape index (κ1) is 17.8. The van der Waals surface area contributed by atoms with Crippen LogP contribution in [0.25, 0.3) is 0 Å². The summed E-state index contributed by atoms with van der Waals surface area (Å²) in [6.45, 7) is 9.39. The van der Waals surface area contributed by atoms with Gasteiger partial charge in [-0.2, -0.15) is 0 Å². The van der Waals surface area contributed by atoms with Crippen LogP contribution in [0.15, 0.2) is 30.3 Å². The molecule has 2 rings (SSSR count). The second-order valence-corrected chi connectivity index (χ2v) is 6.88. The van der Waals surface area contributed by atoms with Gasteiger partial charge in [0.25, 0.3) is 0 Å². The molecule has 0 aliphatic carbocycles. The standard InChI is InChI=1S/C18H28N2O3/c1-18(2,3)23-17(21)20-11-10-19(12-13-22-4)16(14-20)15-8-6-5-7-9-15/h5-9,16H,10-14H2,1-4H3/t16-/m1/s1. The van der Waals surface area contributed by atoms with Crippen LogP contribution in [0.2, 0.25) is 0 Å². The number of carbonyl (C=O) groups excluding carboxylic acids is 1. The zero-order valence-electron chi connectivity index (χ0n) is 14.6. The summed E-state index contributed by atoms with van der Waals surface area (Å²) in [5.41, 5.74) is 0.754. The fraction of sp³-hybridized carbons (Fsp3) is 0.611. The average Bonchev–Trinajstić information content (AvgIpc) is 2.52. The van der Waals surface area contributed by atoms with Gasteiger partial charge in [-0.05, 0) is 26.3 Å². The predicted molar refractivity (Wildman–Crippen MR) is 90.4 cm³/mol. The van der Waals surface area contributed by atoms with Gasteiger partial charge in [-0.25, -0.2) is 4.79 Å².